The monoisotopic (exact) mass is 399 g/mol. The molecule has 0 saturated heterocycles. The summed E-state index contributed by atoms with van der Waals surface area (Å²) in [6.45, 7) is 3.36. The van der Waals surface area contributed by atoms with Crippen LogP contribution in [0.1, 0.15) is 33.5 Å². The van der Waals surface area contributed by atoms with E-state index in [1.165, 1.54) is 16.7 Å². The Hall–Kier alpha value is -3.45. The number of benzene rings is 2. The summed E-state index contributed by atoms with van der Waals surface area (Å²) in [4.78, 5) is 16.3. The molecule has 0 fully saturated rings. The molecular formula is C23H21N5O2. The number of nitrogens with zero attached hydrogens (tertiary/aromatic N) is 4. The number of ether oxygens (including phenoxy) is 2. The standard InChI is InChI=1S/C23H21N5O2/c1-29-19-5-3-15-10-28(11-17(15)7-19)23-26-21-13-30-12-20(21)22(27-23)25-18-4-2-14-8-24-9-16(14)6-18/h2-7,9H,8,10-13H2,1H3,(H,25,26,27). The first kappa shape index (κ1) is 17.4. The summed E-state index contributed by atoms with van der Waals surface area (Å²) < 4.78 is 11.1. The fourth-order valence-corrected chi connectivity index (χ4v) is 4.24. The first-order chi connectivity index (χ1) is 14.8. The molecule has 7 heteroatoms. The van der Waals surface area contributed by atoms with Crippen molar-refractivity contribution in [2.45, 2.75) is 32.8 Å². The Morgan fingerprint density at radius 2 is 1.90 bits per heavy atom. The average Bonchev–Trinajstić information content (AvgIpc) is 3.51. The molecule has 2 aromatic carbocycles. The molecule has 0 saturated carbocycles. The zero-order chi connectivity index (χ0) is 20.1. The summed E-state index contributed by atoms with van der Waals surface area (Å²) in [7, 11) is 1.70. The van der Waals surface area contributed by atoms with Crippen molar-refractivity contribution in [3.63, 3.8) is 0 Å². The maximum atomic E-state index is 5.68. The van der Waals surface area contributed by atoms with E-state index >= 15 is 0 Å². The number of aliphatic imine (C=N–C) groups is 1. The molecule has 0 unspecified atom stereocenters. The summed E-state index contributed by atoms with van der Waals surface area (Å²) in [6, 6.07) is 12.5. The van der Waals surface area contributed by atoms with Crippen LogP contribution in [0.3, 0.4) is 0 Å². The van der Waals surface area contributed by atoms with Crippen LogP contribution in [-0.2, 0) is 37.6 Å². The minimum atomic E-state index is 0.519. The van der Waals surface area contributed by atoms with Crippen LogP contribution in [0.25, 0.3) is 0 Å². The third-order valence-electron chi connectivity index (χ3n) is 5.89. The molecule has 0 radical (unpaired) electrons. The lowest BCUT2D eigenvalue weighted by atomic mass is 10.1. The Bertz CT molecular complexity index is 1190. The Labute approximate surface area is 174 Å². The van der Waals surface area contributed by atoms with Gasteiger partial charge in [0.1, 0.15) is 11.6 Å². The molecule has 4 heterocycles. The summed E-state index contributed by atoms with van der Waals surface area (Å²) in [6.07, 6.45) is 1.93. The SMILES string of the molecule is COc1ccc2c(c1)CN(c1nc3c(c(Nc4ccc5c(c4)C=NC5)n1)COC3)C2. The number of aromatic nitrogens is 2. The highest BCUT2D eigenvalue weighted by Gasteiger charge is 2.26. The summed E-state index contributed by atoms with van der Waals surface area (Å²) in [5.41, 5.74) is 7.93. The van der Waals surface area contributed by atoms with Gasteiger partial charge in [0.2, 0.25) is 5.95 Å². The van der Waals surface area contributed by atoms with E-state index in [0.29, 0.717) is 13.2 Å². The van der Waals surface area contributed by atoms with Crippen molar-refractivity contribution < 1.29 is 9.47 Å². The third kappa shape index (κ3) is 2.90. The van der Waals surface area contributed by atoms with Crippen LogP contribution in [0.5, 0.6) is 5.75 Å². The van der Waals surface area contributed by atoms with Gasteiger partial charge >= 0.3 is 0 Å². The second kappa shape index (κ2) is 6.81. The molecule has 3 aliphatic rings. The fraction of sp³-hybridized carbons (Fsp3) is 0.261. The third-order valence-corrected chi connectivity index (χ3v) is 5.89. The predicted molar refractivity (Wildman–Crippen MR) is 114 cm³/mol. The van der Waals surface area contributed by atoms with Gasteiger partial charge < -0.3 is 19.7 Å². The van der Waals surface area contributed by atoms with Gasteiger partial charge in [-0.2, -0.15) is 4.98 Å². The number of anilines is 3. The molecule has 30 heavy (non-hydrogen) atoms. The first-order valence-corrected chi connectivity index (χ1v) is 10.0. The van der Waals surface area contributed by atoms with Crippen LogP contribution in [0.2, 0.25) is 0 Å². The molecule has 7 nitrogen and oxygen atoms in total. The van der Waals surface area contributed by atoms with Crippen LogP contribution < -0.4 is 15.0 Å². The number of nitrogens with one attached hydrogen (secondary N) is 1. The second-order valence-corrected chi connectivity index (χ2v) is 7.79. The Morgan fingerprint density at radius 1 is 1.00 bits per heavy atom. The summed E-state index contributed by atoms with van der Waals surface area (Å²) in [5.74, 6) is 2.41. The maximum absolute atomic E-state index is 5.68. The molecule has 1 aromatic heterocycles. The molecule has 0 atom stereocenters. The molecule has 0 spiro atoms. The Morgan fingerprint density at radius 3 is 2.83 bits per heavy atom. The van der Waals surface area contributed by atoms with Crippen LogP contribution in [-0.4, -0.2) is 23.3 Å². The number of fused-ring (bicyclic) bond motifs is 3. The molecule has 3 aromatic rings. The lowest BCUT2D eigenvalue weighted by molar-refractivity contribution is 0.133. The second-order valence-electron chi connectivity index (χ2n) is 7.79. The number of rotatable bonds is 4. The summed E-state index contributed by atoms with van der Waals surface area (Å²) >= 11 is 0. The van der Waals surface area contributed by atoms with E-state index in [-0.39, 0.29) is 0 Å². The van der Waals surface area contributed by atoms with Crippen molar-refractivity contribution >= 4 is 23.7 Å². The lowest BCUT2D eigenvalue weighted by Crippen LogP contribution is -2.19. The number of hydrogen-bond donors (Lipinski definition) is 1. The van der Waals surface area contributed by atoms with Crippen LogP contribution in [0.15, 0.2) is 41.4 Å². The van der Waals surface area contributed by atoms with Gasteiger partial charge in [0.05, 0.1) is 32.6 Å². The van der Waals surface area contributed by atoms with Crippen LogP contribution in [0, 0.1) is 0 Å². The molecule has 0 aliphatic carbocycles. The van der Waals surface area contributed by atoms with Gasteiger partial charge in [-0.1, -0.05) is 12.1 Å². The first-order valence-electron chi connectivity index (χ1n) is 10.0. The van der Waals surface area contributed by atoms with E-state index in [1.54, 1.807) is 7.11 Å². The number of hydrogen-bond acceptors (Lipinski definition) is 7. The highest BCUT2D eigenvalue weighted by molar-refractivity contribution is 5.86. The van der Waals surface area contributed by atoms with Gasteiger partial charge in [-0.05, 0) is 46.5 Å². The lowest BCUT2D eigenvalue weighted by Gasteiger charge is -2.18. The van der Waals surface area contributed by atoms with Gasteiger partial charge in [-0.25, -0.2) is 4.98 Å². The van der Waals surface area contributed by atoms with Gasteiger partial charge in [0, 0.05) is 30.6 Å². The van der Waals surface area contributed by atoms with E-state index in [4.69, 9.17) is 19.4 Å². The van der Waals surface area contributed by atoms with Crippen molar-refractivity contribution in [2.75, 3.05) is 17.3 Å². The van der Waals surface area contributed by atoms with E-state index < -0.39 is 0 Å². The van der Waals surface area contributed by atoms with Crippen LogP contribution in [0.4, 0.5) is 17.5 Å². The van der Waals surface area contributed by atoms with Gasteiger partial charge in [-0.15, -0.1) is 0 Å². The molecule has 150 valence electrons. The fourth-order valence-electron chi connectivity index (χ4n) is 4.24. The van der Waals surface area contributed by atoms with Crippen LogP contribution >= 0.6 is 0 Å². The largest absolute Gasteiger partial charge is 0.497 e. The smallest absolute Gasteiger partial charge is 0.228 e. The normalized spacial score (nSPS) is 15.8. The van der Waals surface area contributed by atoms with Gasteiger partial charge in [0.15, 0.2) is 0 Å². The van der Waals surface area contributed by atoms with Gasteiger partial charge in [0.25, 0.3) is 0 Å². The number of methoxy groups -OCH3 is 1. The highest BCUT2D eigenvalue weighted by Crippen LogP contribution is 2.34. The van der Waals surface area contributed by atoms with Crippen molar-refractivity contribution in [1.29, 1.82) is 0 Å². The molecule has 6 rings (SSSR count). The zero-order valence-electron chi connectivity index (χ0n) is 16.7. The van der Waals surface area contributed by atoms with E-state index in [2.05, 4.69) is 45.5 Å². The quantitative estimate of drug-likeness (QED) is 0.721. The molecule has 1 N–H and O–H groups in total. The minimum Gasteiger partial charge on any atom is -0.497 e. The minimum absolute atomic E-state index is 0.519. The topological polar surface area (TPSA) is 71.9 Å². The van der Waals surface area contributed by atoms with Crippen molar-refractivity contribution in [2.24, 2.45) is 4.99 Å². The Kier molecular flexibility index (Phi) is 3.95. The van der Waals surface area contributed by atoms with Gasteiger partial charge in [-0.3, -0.25) is 4.99 Å². The summed E-state index contributed by atoms with van der Waals surface area (Å²) in [5, 5.41) is 3.50. The highest BCUT2D eigenvalue weighted by atomic mass is 16.5. The maximum Gasteiger partial charge on any atom is 0.228 e. The molecular weight excluding hydrogens is 378 g/mol. The van der Waals surface area contributed by atoms with E-state index in [0.717, 1.165) is 59.7 Å². The zero-order valence-corrected chi connectivity index (χ0v) is 16.7. The molecule has 0 bridgehead atoms. The predicted octanol–water partition coefficient (Wildman–Crippen LogP) is 3.71. The van der Waals surface area contributed by atoms with Crippen molar-refractivity contribution in [3.8, 4) is 5.75 Å². The molecule has 3 aliphatic heterocycles. The van der Waals surface area contributed by atoms with Crippen molar-refractivity contribution in [1.82, 2.24) is 9.97 Å². The molecule has 0 amide bonds. The van der Waals surface area contributed by atoms with Crippen molar-refractivity contribution in [3.05, 3.63) is 69.9 Å². The van der Waals surface area contributed by atoms with E-state index in [1.807, 2.05) is 12.3 Å². The van der Waals surface area contributed by atoms with E-state index in [9.17, 15) is 0 Å². The Balaban J connectivity index is 1.33. The average molecular weight is 399 g/mol.